The van der Waals surface area contributed by atoms with Gasteiger partial charge in [-0.05, 0) is 55.0 Å². The molecule has 29 heavy (non-hydrogen) atoms. The third-order valence-electron chi connectivity index (χ3n) is 5.19. The van der Waals surface area contributed by atoms with Gasteiger partial charge in [0.05, 0.1) is 18.3 Å². The molecule has 0 unspecified atom stereocenters. The van der Waals surface area contributed by atoms with E-state index in [0.29, 0.717) is 18.3 Å². The van der Waals surface area contributed by atoms with E-state index in [9.17, 15) is 0 Å². The van der Waals surface area contributed by atoms with Crippen LogP contribution in [-0.4, -0.2) is 35.3 Å². The summed E-state index contributed by atoms with van der Waals surface area (Å²) >= 11 is 11.9. The summed E-state index contributed by atoms with van der Waals surface area (Å²) in [6.07, 6.45) is 1.79. The molecule has 2 aromatic heterocycles. The van der Waals surface area contributed by atoms with Crippen LogP contribution < -0.4 is 5.32 Å². The van der Waals surface area contributed by atoms with Gasteiger partial charge in [0, 0.05) is 30.4 Å². The van der Waals surface area contributed by atoms with Crippen LogP contribution in [0.15, 0.2) is 59.1 Å². The standard InChI is InChI=1S/C22H22ClN3O2S/c1-14-15(6-5-7-16(14)23)18-9-10-19(28-18)21-20(17-8-3-4-11-24-17)25-22(29)26(21)12-13-27-2/h3-11,20-21H,12-13H2,1-2H3,(H,25,29)/t20-,21+/m0/s1. The molecule has 4 rings (SSSR count). The van der Waals surface area contributed by atoms with E-state index in [2.05, 4.69) is 15.2 Å². The van der Waals surface area contributed by atoms with Crippen LogP contribution in [0.5, 0.6) is 0 Å². The Labute approximate surface area is 180 Å². The normalized spacial score (nSPS) is 18.9. The molecule has 1 aromatic carbocycles. The molecule has 3 heterocycles. The lowest BCUT2D eigenvalue weighted by atomic mass is 10.0. The molecule has 150 valence electrons. The van der Waals surface area contributed by atoms with Gasteiger partial charge in [-0.1, -0.05) is 29.8 Å². The average molecular weight is 428 g/mol. The van der Waals surface area contributed by atoms with E-state index >= 15 is 0 Å². The fourth-order valence-corrected chi connectivity index (χ4v) is 4.18. The zero-order chi connectivity index (χ0) is 20.4. The Morgan fingerprint density at radius 1 is 1.21 bits per heavy atom. The van der Waals surface area contributed by atoms with E-state index in [0.717, 1.165) is 33.4 Å². The number of furan rings is 1. The molecular formula is C22H22ClN3O2S. The molecule has 1 aliphatic heterocycles. The van der Waals surface area contributed by atoms with Gasteiger partial charge in [-0.25, -0.2) is 0 Å². The predicted molar refractivity (Wildman–Crippen MR) is 118 cm³/mol. The summed E-state index contributed by atoms with van der Waals surface area (Å²) in [5, 5.41) is 4.79. The molecule has 3 aromatic rings. The third-order valence-corrected chi connectivity index (χ3v) is 5.95. The first kappa shape index (κ1) is 19.9. The summed E-state index contributed by atoms with van der Waals surface area (Å²) in [5.41, 5.74) is 2.89. The van der Waals surface area contributed by atoms with E-state index in [1.165, 1.54) is 0 Å². The summed E-state index contributed by atoms with van der Waals surface area (Å²) in [7, 11) is 1.69. The van der Waals surface area contributed by atoms with Crippen molar-refractivity contribution in [3.8, 4) is 11.3 Å². The Kier molecular flexibility index (Phi) is 5.85. The number of rotatable bonds is 6. The molecule has 2 atom stereocenters. The van der Waals surface area contributed by atoms with Crippen LogP contribution in [0.2, 0.25) is 5.02 Å². The highest BCUT2D eigenvalue weighted by molar-refractivity contribution is 7.80. The van der Waals surface area contributed by atoms with Gasteiger partial charge in [0.1, 0.15) is 17.6 Å². The molecular weight excluding hydrogens is 406 g/mol. The Morgan fingerprint density at radius 2 is 2.07 bits per heavy atom. The lowest BCUT2D eigenvalue weighted by Gasteiger charge is -2.25. The summed E-state index contributed by atoms with van der Waals surface area (Å²) in [6.45, 7) is 3.21. The van der Waals surface area contributed by atoms with Crippen LogP contribution in [0.1, 0.15) is 29.1 Å². The summed E-state index contributed by atoms with van der Waals surface area (Å²) < 4.78 is 11.6. The van der Waals surface area contributed by atoms with E-state index in [1.807, 2.05) is 55.5 Å². The summed E-state index contributed by atoms with van der Waals surface area (Å²) in [6, 6.07) is 15.5. The second-order valence-electron chi connectivity index (χ2n) is 6.93. The van der Waals surface area contributed by atoms with Crippen LogP contribution in [0.3, 0.4) is 0 Å². The van der Waals surface area contributed by atoms with Gasteiger partial charge in [0.2, 0.25) is 0 Å². The third kappa shape index (κ3) is 3.88. The van der Waals surface area contributed by atoms with Crippen molar-refractivity contribution in [2.24, 2.45) is 0 Å². The lowest BCUT2D eigenvalue weighted by molar-refractivity contribution is 0.158. The molecule has 0 saturated carbocycles. The fraction of sp³-hybridized carbons (Fsp3) is 0.273. The number of hydrogen-bond acceptors (Lipinski definition) is 4. The van der Waals surface area contributed by atoms with Gasteiger partial charge in [-0.3, -0.25) is 4.98 Å². The number of pyridine rings is 1. The zero-order valence-corrected chi connectivity index (χ0v) is 17.8. The van der Waals surface area contributed by atoms with Gasteiger partial charge < -0.3 is 19.4 Å². The minimum Gasteiger partial charge on any atom is -0.459 e. The maximum absolute atomic E-state index is 6.33. The average Bonchev–Trinajstić information content (AvgIpc) is 3.33. The number of halogens is 1. The van der Waals surface area contributed by atoms with Crippen LogP contribution in [0.4, 0.5) is 0 Å². The highest BCUT2D eigenvalue weighted by atomic mass is 35.5. The monoisotopic (exact) mass is 427 g/mol. The van der Waals surface area contributed by atoms with E-state index in [1.54, 1.807) is 13.3 Å². The molecule has 5 nitrogen and oxygen atoms in total. The number of ether oxygens (including phenoxy) is 1. The fourth-order valence-electron chi connectivity index (χ4n) is 3.68. The predicted octanol–water partition coefficient (Wildman–Crippen LogP) is 4.92. The maximum Gasteiger partial charge on any atom is 0.170 e. The van der Waals surface area contributed by atoms with Crippen LogP contribution >= 0.6 is 23.8 Å². The number of aromatic nitrogens is 1. The second kappa shape index (κ2) is 8.53. The van der Waals surface area contributed by atoms with Crippen LogP contribution in [0, 0.1) is 6.92 Å². The first-order chi connectivity index (χ1) is 14.1. The first-order valence-corrected chi connectivity index (χ1v) is 10.2. The van der Waals surface area contributed by atoms with Crippen molar-refractivity contribution in [1.29, 1.82) is 0 Å². The second-order valence-corrected chi connectivity index (χ2v) is 7.72. The summed E-state index contributed by atoms with van der Waals surface area (Å²) in [5.74, 6) is 1.60. The maximum atomic E-state index is 6.33. The number of thiocarbonyl (C=S) groups is 1. The number of hydrogen-bond donors (Lipinski definition) is 1. The van der Waals surface area contributed by atoms with Crippen LogP contribution in [-0.2, 0) is 4.74 Å². The SMILES string of the molecule is COCCN1C(=S)N[C@@H](c2ccccn2)[C@H]1c1ccc(-c2cccc(Cl)c2C)o1. The largest absolute Gasteiger partial charge is 0.459 e. The number of benzene rings is 1. The molecule has 1 N–H and O–H groups in total. The van der Waals surface area contributed by atoms with Crippen molar-refractivity contribution in [2.45, 2.75) is 19.0 Å². The summed E-state index contributed by atoms with van der Waals surface area (Å²) in [4.78, 5) is 6.64. The molecule has 0 radical (unpaired) electrons. The zero-order valence-electron chi connectivity index (χ0n) is 16.3. The highest BCUT2D eigenvalue weighted by Crippen LogP contribution is 2.40. The number of nitrogens with one attached hydrogen (secondary N) is 1. The lowest BCUT2D eigenvalue weighted by Crippen LogP contribution is -2.32. The molecule has 1 saturated heterocycles. The van der Waals surface area contributed by atoms with Crippen molar-refractivity contribution in [1.82, 2.24) is 15.2 Å². The minimum absolute atomic E-state index is 0.111. The van der Waals surface area contributed by atoms with Crippen LogP contribution in [0.25, 0.3) is 11.3 Å². The van der Waals surface area contributed by atoms with E-state index in [-0.39, 0.29) is 12.1 Å². The van der Waals surface area contributed by atoms with Gasteiger partial charge in [-0.15, -0.1) is 0 Å². The molecule has 1 fully saturated rings. The Hall–Kier alpha value is -2.41. The Balaban J connectivity index is 1.73. The van der Waals surface area contributed by atoms with Crippen molar-refractivity contribution < 1.29 is 9.15 Å². The quantitative estimate of drug-likeness (QED) is 0.563. The van der Waals surface area contributed by atoms with E-state index in [4.69, 9.17) is 33.0 Å². The number of nitrogens with zero attached hydrogens (tertiary/aromatic N) is 2. The van der Waals surface area contributed by atoms with Crippen molar-refractivity contribution >= 4 is 28.9 Å². The van der Waals surface area contributed by atoms with Crippen molar-refractivity contribution in [3.05, 3.63) is 76.8 Å². The van der Waals surface area contributed by atoms with Gasteiger partial charge >= 0.3 is 0 Å². The van der Waals surface area contributed by atoms with E-state index < -0.39 is 0 Å². The number of methoxy groups -OCH3 is 1. The van der Waals surface area contributed by atoms with Gasteiger partial charge in [0.25, 0.3) is 0 Å². The molecule has 1 aliphatic rings. The Bertz CT molecular complexity index is 1010. The first-order valence-electron chi connectivity index (χ1n) is 9.42. The smallest absolute Gasteiger partial charge is 0.170 e. The van der Waals surface area contributed by atoms with Gasteiger partial charge in [0.15, 0.2) is 5.11 Å². The molecule has 0 spiro atoms. The molecule has 0 bridgehead atoms. The topological polar surface area (TPSA) is 50.5 Å². The Morgan fingerprint density at radius 3 is 2.83 bits per heavy atom. The molecule has 0 aliphatic carbocycles. The molecule has 0 amide bonds. The van der Waals surface area contributed by atoms with Crippen molar-refractivity contribution in [3.63, 3.8) is 0 Å². The van der Waals surface area contributed by atoms with Crippen molar-refractivity contribution in [2.75, 3.05) is 20.3 Å². The van der Waals surface area contributed by atoms with Gasteiger partial charge in [-0.2, -0.15) is 0 Å². The minimum atomic E-state index is -0.124. The molecule has 7 heteroatoms. The highest BCUT2D eigenvalue weighted by Gasteiger charge is 2.41.